The Morgan fingerprint density at radius 1 is 1.27 bits per heavy atom. The Morgan fingerprint density at radius 2 is 1.87 bits per heavy atom. The minimum absolute atomic E-state index is 0.246. The van der Waals surface area contributed by atoms with Crippen LogP contribution < -0.4 is 0 Å². The van der Waals surface area contributed by atoms with E-state index < -0.39 is 11.9 Å². The summed E-state index contributed by atoms with van der Waals surface area (Å²) in [6.07, 6.45) is 6.50. The Bertz CT molecular complexity index is 303. The summed E-state index contributed by atoms with van der Waals surface area (Å²) in [6.45, 7) is -0.0983. The third-order valence-electron chi connectivity index (χ3n) is 1.99. The number of carboxylic acid groups (broad SMARTS) is 2. The maximum atomic E-state index is 10.5. The summed E-state index contributed by atoms with van der Waals surface area (Å²) in [5, 5.41) is 17.2. The van der Waals surface area contributed by atoms with Crippen LogP contribution in [-0.2, 0) is 9.59 Å². The lowest BCUT2D eigenvalue weighted by Gasteiger charge is -2.18. The first-order chi connectivity index (χ1) is 7.08. The molecule has 1 aliphatic rings. The van der Waals surface area contributed by atoms with Crippen LogP contribution in [-0.4, -0.2) is 46.7 Å². The second-order valence-electron chi connectivity index (χ2n) is 3.39. The Labute approximate surface area is 87.3 Å². The quantitative estimate of drug-likeness (QED) is 0.662. The van der Waals surface area contributed by atoms with Gasteiger partial charge in [0.15, 0.2) is 0 Å². The fraction of sp³-hybridized carbons (Fsp3) is 0.400. The van der Waals surface area contributed by atoms with Crippen LogP contribution in [0.25, 0.3) is 0 Å². The van der Waals surface area contributed by atoms with Crippen LogP contribution in [0, 0.1) is 0 Å². The van der Waals surface area contributed by atoms with E-state index in [4.69, 9.17) is 10.2 Å². The molecule has 0 bridgehead atoms. The smallest absolute Gasteiger partial charge is 0.317 e. The molecular formula is C10H13NO4. The normalized spacial score (nSPS) is 14.3. The summed E-state index contributed by atoms with van der Waals surface area (Å²) in [7, 11) is 0. The summed E-state index contributed by atoms with van der Waals surface area (Å²) < 4.78 is 0. The highest BCUT2D eigenvalue weighted by molar-refractivity contribution is 5.72. The lowest BCUT2D eigenvalue weighted by Crippen LogP contribution is -2.35. The fourth-order valence-electron chi connectivity index (χ4n) is 1.45. The van der Waals surface area contributed by atoms with Crippen molar-refractivity contribution in [3.63, 3.8) is 0 Å². The zero-order valence-corrected chi connectivity index (χ0v) is 8.22. The zero-order valence-electron chi connectivity index (χ0n) is 8.22. The summed E-state index contributed by atoms with van der Waals surface area (Å²) >= 11 is 0. The van der Waals surface area contributed by atoms with E-state index >= 15 is 0 Å². The largest absolute Gasteiger partial charge is 0.480 e. The van der Waals surface area contributed by atoms with Gasteiger partial charge in [0.2, 0.25) is 0 Å². The van der Waals surface area contributed by atoms with Gasteiger partial charge in [0, 0.05) is 6.54 Å². The van der Waals surface area contributed by atoms with Crippen LogP contribution in [0.3, 0.4) is 0 Å². The number of hydrogen-bond acceptors (Lipinski definition) is 3. The van der Waals surface area contributed by atoms with Crippen LogP contribution in [0.1, 0.15) is 6.42 Å². The van der Waals surface area contributed by atoms with Gasteiger partial charge in [-0.05, 0) is 6.42 Å². The van der Waals surface area contributed by atoms with Gasteiger partial charge in [-0.25, -0.2) is 0 Å². The molecule has 0 amide bonds. The number of nitrogens with zero attached hydrogens (tertiary/aromatic N) is 1. The molecule has 1 aliphatic carbocycles. The minimum atomic E-state index is -1.01. The summed E-state index contributed by atoms with van der Waals surface area (Å²) in [5.41, 5.74) is 1.04. The van der Waals surface area contributed by atoms with Gasteiger partial charge in [-0.2, -0.15) is 0 Å². The number of carbonyl (C=O) groups is 2. The number of allylic oxidation sites excluding steroid dienone is 3. The Morgan fingerprint density at radius 3 is 2.27 bits per heavy atom. The van der Waals surface area contributed by atoms with Crippen molar-refractivity contribution in [2.45, 2.75) is 6.42 Å². The molecule has 0 aromatic carbocycles. The second-order valence-corrected chi connectivity index (χ2v) is 3.39. The molecular weight excluding hydrogens is 198 g/mol. The van der Waals surface area contributed by atoms with E-state index in [0.717, 1.165) is 12.0 Å². The average molecular weight is 211 g/mol. The predicted octanol–water partition coefficient (Wildman–Crippen LogP) is 0.344. The van der Waals surface area contributed by atoms with Crippen LogP contribution in [0.4, 0.5) is 0 Å². The van der Waals surface area contributed by atoms with Gasteiger partial charge in [-0.15, -0.1) is 0 Å². The van der Waals surface area contributed by atoms with Gasteiger partial charge < -0.3 is 10.2 Å². The molecule has 0 aliphatic heterocycles. The maximum Gasteiger partial charge on any atom is 0.317 e. The van der Waals surface area contributed by atoms with Gasteiger partial charge in [-0.1, -0.05) is 23.8 Å². The van der Waals surface area contributed by atoms with Gasteiger partial charge in [0.25, 0.3) is 0 Å². The van der Waals surface area contributed by atoms with Crippen molar-refractivity contribution in [1.82, 2.24) is 4.90 Å². The van der Waals surface area contributed by atoms with Gasteiger partial charge in [0.05, 0.1) is 13.1 Å². The second kappa shape index (κ2) is 5.31. The molecule has 0 unspecified atom stereocenters. The van der Waals surface area contributed by atoms with Crippen molar-refractivity contribution in [3.8, 4) is 0 Å². The van der Waals surface area contributed by atoms with Crippen LogP contribution >= 0.6 is 0 Å². The van der Waals surface area contributed by atoms with E-state index in [1.54, 1.807) is 0 Å². The Hall–Kier alpha value is -1.62. The highest BCUT2D eigenvalue weighted by Gasteiger charge is 2.15. The van der Waals surface area contributed by atoms with E-state index in [-0.39, 0.29) is 13.1 Å². The van der Waals surface area contributed by atoms with Crippen molar-refractivity contribution in [3.05, 3.63) is 23.8 Å². The van der Waals surface area contributed by atoms with Crippen molar-refractivity contribution in [2.24, 2.45) is 0 Å². The Balaban J connectivity index is 2.47. The average Bonchev–Trinajstić information content (AvgIpc) is 2.53. The van der Waals surface area contributed by atoms with Crippen LogP contribution in [0.5, 0.6) is 0 Å². The molecule has 5 nitrogen and oxygen atoms in total. The van der Waals surface area contributed by atoms with Crippen molar-refractivity contribution < 1.29 is 19.8 Å². The first-order valence-corrected chi connectivity index (χ1v) is 4.58. The molecule has 0 saturated heterocycles. The summed E-state index contributed by atoms with van der Waals surface area (Å²) in [5.74, 6) is -2.02. The molecule has 0 radical (unpaired) electrons. The van der Waals surface area contributed by atoms with Gasteiger partial charge in [-0.3, -0.25) is 14.5 Å². The van der Waals surface area contributed by atoms with E-state index in [2.05, 4.69) is 0 Å². The minimum Gasteiger partial charge on any atom is -0.480 e. The first kappa shape index (κ1) is 11.5. The highest BCUT2D eigenvalue weighted by atomic mass is 16.4. The molecule has 0 fully saturated rings. The van der Waals surface area contributed by atoms with Crippen molar-refractivity contribution >= 4 is 11.9 Å². The Kier molecular flexibility index (Phi) is 4.05. The molecule has 0 heterocycles. The highest BCUT2D eigenvalue weighted by Crippen LogP contribution is 2.11. The molecule has 0 aromatic rings. The van der Waals surface area contributed by atoms with E-state index in [1.807, 2.05) is 18.2 Å². The lowest BCUT2D eigenvalue weighted by molar-refractivity contribution is -0.141. The molecule has 2 N–H and O–H groups in total. The summed E-state index contributed by atoms with van der Waals surface area (Å²) in [4.78, 5) is 22.4. The molecule has 0 saturated carbocycles. The number of rotatable bonds is 6. The van der Waals surface area contributed by atoms with Crippen LogP contribution in [0.15, 0.2) is 23.8 Å². The van der Waals surface area contributed by atoms with E-state index in [0.29, 0.717) is 6.54 Å². The fourth-order valence-corrected chi connectivity index (χ4v) is 1.45. The first-order valence-electron chi connectivity index (χ1n) is 4.58. The third kappa shape index (κ3) is 4.42. The van der Waals surface area contributed by atoms with Crippen molar-refractivity contribution in [1.29, 1.82) is 0 Å². The summed E-state index contributed by atoms with van der Waals surface area (Å²) in [6, 6.07) is 0. The standard InChI is InChI=1S/C10H13NO4/c12-9(13)6-11(7-10(14)15)5-8-3-1-2-4-8/h1-3H,4-7H2,(H,12,13)(H,14,15). The number of aliphatic carboxylic acids is 2. The lowest BCUT2D eigenvalue weighted by atomic mass is 10.2. The maximum absolute atomic E-state index is 10.5. The molecule has 15 heavy (non-hydrogen) atoms. The molecule has 0 spiro atoms. The van der Waals surface area contributed by atoms with E-state index in [9.17, 15) is 9.59 Å². The van der Waals surface area contributed by atoms with Gasteiger partial charge in [0.1, 0.15) is 0 Å². The molecule has 0 atom stereocenters. The molecule has 1 rings (SSSR count). The SMILES string of the molecule is O=C(O)CN(CC(=O)O)CC1=CC=CC1. The monoisotopic (exact) mass is 211 g/mol. The number of hydrogen-bond donors (Lipinski definition) is 2. The predicted molar refractivity (Wildman–Crippen MR) is 53.6 cm³/mol. The third-order valence-corrected chi connectivity index (χ3v) is 1.99. The van der Waals surface area contributed by atoms with E-state index in [1.165, 1.54) is 4.90 Å². The number of carboxylic acids is 2. The van der Waals surface area contributed by atoms with Crippen LogP contribution in [0.2, 0.25) is 0 Å². The molecule has 0 aromatic heterocycles. The van der Waals surface area contributed by atoms with Crippen molar-refractivity contribution in [2.75, 3.05) is 19.6 Å². The molecule has 5 heteroatoms. The topological polar surface area (TPSA) is 77.8 Å². The van der Waals surface area contributed by atoms with Gasteiger partial charge >= 0.3 is 11.9 Å². The molecule has 82 valence electrons. The zero-order chi connectivity index (χ0) is 11.3.